The summed E-state index contributed by atoms with van der Waals surface area (Å²) in [6.07, 6.45) is 1.16. The summed E-state index contributed by atoms with van der Waals surface area (Å²) in [5.74, 6) is 1.69. The summed E-state index contributed by atoms with van der Waals surface area (Å²) < 4.78 is 10.7. The number of hydrogen-bond donors (Lipinski definition) is 1. The van der Waals surface area contributed by atoms with Gasteiger partial charge in [0.1, 0.15) is 11.5 Å². The fraction of sp³-hybridized carbons (Fsp3) is 0.400. The van der Waals surface area contributed by atoms with Crippen molar-refractivity contribution in [2.75, 3.05) is 33.9 Å². The Kier molecular flexibility index (Phi) is 5.72. The van der Waals surface area contributed by atoms with Crippen molar-refractivity contribution in [3.05, 3.63) is 59.2 Å². The third-order valence-electron chi connectivity index (χ3n) is 4.62. The molecule has 0 atom stereocenters. The van der Waals surface area contributed by atoms with Crippen LogP contribution >= 0.6 is 0 Å². The highest BCUT2D eigenvalue weighted by Gasteiger charge is 2.14. The van der Waals surface area contributed by atoms with Gasteiger partial charge in [-0.25, -0.2) is 0 Å². The van der Waals surface area contributed by atoms with Crippen molar-refractivity contribution in [1.29, 1.82) is 0 Å². The van der Waals surface area contributed by atoms with E-state index < -0.39 is 0 Å². The Morgan fingerprint density at radius 3 is 2.67 bits per heavy atom. The number of methoxy groups -OCH3 is 2. The van der Waals surface area contributed by atoms with E-state index in [0.29, 0.717) is 0 Å². The summed E-state index contributed by atoms with van der Waals surface area (Å²) in [6, 6.07) is 14.7. The molecule has 0 amide bonds. The van der Waals surface area contributed by atoms with Crippen molar-refractivity contribution in [1.82, 2.24) is 10.2 Å². The lowest BCUT2D eigenvalue weighted by Crippen LogP contribution is -2.36. The Bertz CT molecular complexity index is 672. The van der Waals surface area contributed by atoms with Gasteiger partial charge >= 0.3 is 0 Å². The first-order valence-corrected chi connectivity index (χ1v) is 8.51. The fourth-order valence-electron chi connectivity index (χ4n) is 3.20. The molecule has 4 heteroatoms. The summed E-state index contributed by atoms with van der Waals surface area (Å²) in [7, 11) is 3.37. The zero-order valence-electron chi connectivity index (χ0n) is 14.5. The van der Waals surface area contributed by atoms with Gasteiger partial charge in [0.2, 0.25) is 0 Å². The van der Waals surface area contributed by atoms with E-state index in [2.05, 4.69) is 40.5 Å². The molecule has 2 aromatic carbocycles. The molecule has 0 saturated carbocycles. The van der Waals surface area contributed by atoms with Crippen molar-refractivity contribution in [3.8, 4) is 11.5 Å². The van der Waals surface area contributed by atoms with Gasteiger partial charge in [-0.3, -0.25) is 4.90 Å². The number of nitrogens with one attached hydrogen (secondary N) is 1. The number of rotatable bonds is 7. The van der Waals surface area contributed by atoms with E-state index in [1.807, 2.05) is 12.1 Å². The van der Waals surface area contributed by atoms with Crippen LogP contribution in [0.1, 0.15) is 16.7 Å². The molecule has 128 valence electrons. The van der Waals surface area contributed by atoms with E-state index in [4.69, 9.17) is 9.47 Å². The van der Waals surface area contributed by atoms with Crippen molar-refractivity contribution >= 4 is 0 Å². The number of nitrogens with zero attached hydrogens (tertiary/aromatic N) is 1. The smallest absolute Gasteiger partial charge is 0.127 e. The largest absolute Gasteiger partial charge is 0.497 e. The molecule has 3 rings (SSSR count). The quantitative estimate of drug-likeness (QED) is 0.793. The van der Waals surface area contributed by atoms with Gasteiger partial charge in [0, 0.05) is 44.4 Å². The number of hydrogen-bond acceptors (Lipinski definition) is 4. The van der Waals surface area contributed by atoms with Crippen molar-refractivity contribution in [2.45, 2.75) is 19.5 Å². The van der Waals surface area contributed by atoms with Gasteiger partial charge in [0.15, 0.2) is 0 Å². The van der Waals surface area contributed by atoms with E-state index in [-0.39, 0.29) is 0 Å². The molecule has 0 aromatic heterocycles. The predicted octanol–water partition coefficient (Wildman–Crippen LogP) is 2.85. The molecule has 0 aliphatic carbocycles. The number of ether oxygens (including phenoxy) is 2. The van der Waals surface area contributed by atoms with E-state index in [1.54, 1.807) is 14.2 Å². The van der Waals surface area contributed by atoms with Gasteiger partial charge in [-0.1, -0.05) is 30.3 Å². The molecule has 0 bridgehead atoms. The van der Waals surface area contributed by atoms with Gasteiger partial charge in [-0.05, 0) is 23.6 Å². The molecule has 2 aromatic rings. The maximum Gasteiger partial charge on any atom is 0.127 e. The van der Waals surface area contributed by atoms with Crippen LogP contribution in [0, 0.1) is 0 Å². The zero-order chi connectivity index (χ0) is 16.8. The minimum Gasteiger partial charge on any atom is -0.497 e. The number of benzene rings is 2. The molecule has 1 N–H and O–H groups in total. The van der Waals surface area contributed by atoms with Gasteiger partial charge in [-0.15, -0.1) is 0 Å². The van der Waals surface area contributed by atoms with Gasteiger partial charge in [0.05, 0.1) is 14.2 Å². The van der Waals surface area contributed by atoms with Crippen LogP contribution in [0.25, 0.3) is 0 Å². The average Bonchev–Trinajstić information content (AvgIpc) is 2.65. The standard InChI is InChI=1S/C20H26N2O2/c1-23-19-8-7-17(20(13-19)24-2)14-21-10-12-22-11-9-16-5-3-4-6-18(16)15-22/h3-8,13,21H,9-12,14-15H2,1-2H3. The molecule has 1 heterocycles. The number of fused-ring (bicyclic) bond motifs is 1. The summed E-state index contributed by atoms with van der Waals surface area (Å²) in [5, 5.41) is 3.52. The first-order chi connectivity index (χ1) is 11.8. The Morgan fingerprint density at radius 1 is 1.04 bits per heavy atom. The topological polar surface area (TPSA) is 33.7 Å². The van der Waals surface area contributed by atoms with E-state index in [9.17, 15) is 0 Å². The third kappa shape index (κ3) is 4.08. The second-order valence-corrected chi connectivity index (χ2v) is 6.15. The van der Waals surface area contributed by atoms with Gasteiger partial charge in [0.25, 0.3) is 0 Å². The Balaban J connectivity index is 1.46. The summed E-state index contributed by atoms with van der Waals surface area (Å²) in [4.78, 5) is 2.51. The molecular formula is C20H26N2O2. The molecular weight excluding hydrogens is 300 g/mol. The van der Waals surface area contributed by atoms with Crippen molar-refractivity contribution in [3.63, 3.8) is 0 Å². The van der Waals surface area contributed by atoms with E-state index in [0.717, 1.165) is 56.2 Å². The first kappa shape index (κ1) is 16.8. The lowest BCUT2D eigenvalue weighted by atomic mass is 10.00. The van der Waals surface area contributed by atoms with Gasteiger partial charge < -0.3 is 14.8 Å². The lowest BCUT2D eigenvalue weighted by molar-refractivity contribution is 0.253. The molecule has 24 heavy (non-hydrogen) atoms. The SMILES string of the molecule is COc1ccc(CNCCN2CCc3ccccc3C2)c(OC)c1. The highest BCUT2D eigenvalue weighted by molar-refractivity contribution is 5.40. The highest BCUT2D eigenvalue weighted by atomic mass is 16.5. The monoisotopic (exact) mass is 326 g/mol. The maximum absolute atomic E-state index is 5.44. The Labute approximate surface area is 144 Å². The fourth-order valence-corrected chi connectivity index (χ4v) is 3.20. The van der Waals surface area contributed by atoms with Crippen LogP contribution in [0.15, 0.2) is 42.5 Å². The molecule has 4 nitrogen and oxygen atoms in total. The minimum absolute atomic E-state index is 0.803. The van der Waals surface area contributed by atoms with Gasteiger partial charge in [-0.2, -0.15) is 0 Å². The summed E-state index contributed by atoms with van der Waals surface area (Å²) in [5.41, 5.74) is 4.13. The third-order valence-corrected chi connectivity index (χ3v) is 4.62. The molecule has 0 fully saturated rings. The Morgan fingerprint density at radius 2 is 1.88 bits per heavy atom. The molecule has 1 aliphatic heterocycles. The normalized spacial score (nSPS) is 14.2. The van der Waals surface area contributed by atoms with Crippen LogP contribution in [-0.4, -0.2) is 38.8 Å². The lowest BCUT2D eigenvalue weighted by Gasteiger charge is -2.28. The first-order valence-electron chi connectivity index (χ1n) is 8.51. The predicted molar refractivity (Wildman–Crippen MR) is 96.7 cm³/mol. The molecule has 0 saturated heterocycles. The van der Waals surface area contributed by atoms with Crippen molar-refractivity contribution in [2.24, 2.45) is 0 Å². The minimum atomic E-state index is 0.803. The molecule has 0 radical (unpaired) electrons. The maximum atomic E-state index is 5.44. The van der Waals surface area contributed by atoms with Crippen LogP contribution in [0.3, 0.4) is 0 Å². The summed E-state index contributed by atoms with van der Waals surface area (Å²) in [6.45, 7) is 5.04. The second kappa shape index (κ2) is 8.18. The van der Waals surface area contributed by atoms with Crippen LogP contribution in [0.4, 0.5) is 0 Å². The average molecular weight is 326 g/mol. The van der Waals surface area contributed by atoms with Crippen LogP contribution < -0.4 is 14.8 Å². The van der Waals surface area contributed by atoms with Crippen LogP contribution in [0.5, 0.6) is 11.5 Å². The highest BCUT2D eigenvalue weighted by Crippen LogP contribution is 2.24. The molecule has 0 unspecified atom stereocenters. The van der Waals surface area contributed by atoms with Crippen molar-refractivity contribution < 1.29 is 9.47 Å². The van der Waals surface area contributed by atoms with Crippen LogP contribution in [-0.2, 0) is 19.5 Å². The zero-order valence-corrected chi connectivity index (χ0v) is 14.5. The molecule has 1 aliphatic rings. The van der Waals surface area contributed by atoms with Crippen LogP contribution in [0.2, 0.25) is 0 Å². The molecule has 0 spiro atoms. The Hall–Kier alpha value is -2.04. The van der Waals surface area contributed by atoms with E-state index >= 15 is 0 Å². The van der Waals surface area contributed by atoms with E-state index in [1.165, 1.54) is 11.1 Å². The second-order valence-electron chi connectivity index (χ2n) is 6.15. The summed E-state index contributed by atoms with van der Waals surface area (Å²) >= 11 is 0.